The number of carboxylic acid groups (broad SMARTS) is 1. The maximum absolute atomic E-state index is 11.9. The van der Waals surface area contributed by atoms with Crippen molar-refractivity contribution in [3.63, 3.8) is 0 Å². The van der Waals surface area contributed by atoms with Crippen molar-refractivity contribution < 1.29 is 14.6 Å². The van der Waals surface area contributed by atoms with Crippen molar-refractivity contribution in [1.29, 1.82) is 0 Å². The zero-order valence-corrected chi connectivity index (χ0v) is 13.6. The van der Waals surface area contributed by atoms with Gasteiger partial charge in [0.15, 0.2) is 0 Å². The lowest BCUT2D eigenvalue weighted by molar-refractivity contribution is -0.148. The summed E-state index contributed by atoms with van der Waals surface area (Å²) in [5, 5.41) is 13.1. The molecule has 0 bridgehead atoms. The molecule has 5 heteroatoms. The molecule has 2 unspecified atom stereocenters. The minimum Gasteiger partial charge on any atom is -0.480 e. The number of nitrogens with zero attached hydrogens (tertiary/aromatic N) is 1. The Labute approximate surface area is 128 Å². The summed E-state index contributed by atoms with van der Waals surface area (Å²) in [6, 6.07) is 1.07. The number of aliphatic carboxylic acids is 1. The third-order valence-electron chi connectivity index (χ3n) is 5.04. The summed E-state index contributed by atoms with van der Waals surface area (Å²) in [7, 11) is 2.16. The van der Waals surface area contributed by atoms with Gasteiger partial charge in [-0.15, -0.1) is 0 Å². The third-order valence-corrected chi connectivity index (χ3v) is 5.04. The third kappa shape index (κ3) is 3.96. The minimum absolute atomic E-state index is 0.188. The summed E-state index contributed by atoms with van der Waals surface area (Å²) < 4.78 is 5.44. The van der Waals surface area contributed by atoms with Crippen LogP contribution in [0.2, 0.25) is 0 Å². The van der Waals surface area contributed by atoms with Crippen LogP contribution in [0.4, 0.5) is 0 Å². The van der Waals surface area contributed by atoms with Gasteiger partial charge in [0.05, 0.1) is 0 Å². The Morgan fingerprint density at radius 3 is 2.52 bits per heavy atom. The molecular weight excluding hydrogens is 268 g/mol. The fourth-order valence-corrected chi connectivity index (χ4v) is 3.92. The normalized spacial score (nSPS) is 31.8. The molecule has 21 heavy (non-hydrogen) atoms. The first-order valence-corrected chi connectivity index (χ1v) is 8.25. The van der Waals surface area contributed by atoms with Gasteiger partial charge >= 0.3 is 5.97 Å². The van der Waals surface area contributed by atoms with E-state index in [1.807, 2.05) is 13.8 Å². The molecule has 1 saturated carbocycles. The van der Waals surface area contributed by atoms with E-state index in [4.69, 9.17) is 4.74 Å². The van der Waals surface area contributed by atoms with Crippen molar-refractivity contribution in [1.82, 2.24) is 10.2 Å². The number of carboxylic acids is 1. The Hall–Kier alpha value is -0.650. The van der Waals surface area contributed by atoms with E-state index in [0.717, 1.165) is 45.3 Å². The number of rotatable bonds is 5. The van der Waals surface area contributed by atoms with Crippen LogP contribution in [-0.2, 0) is 9.53 Å². The van der Waals surface area contributed by atoms with Crippen molar-refractivity contribution in [2.24, 2.45) is 0 Å². The molecule has 2 atom stereocenters. The Bertz CT molecular complexity index is 355. The van der Waals surface area contributed by atoms with Gasteiger partial charge in [0, 0.05) is 31.3 Å². The number of ether oxygens (including phenoxy) is 1. The number of nitrogens with one attached hydrogen (secondary N) is 1. The van der Waals surface area contributed by atoms with Crippen molar-refractivity contribution in [2.45, 2.75) is 76.0 Å². The molecule has 5 nitrogen and oxygen atoms in total. The maximum atomic E-state index is 11.9. The van der Waals surface area contributed by atoms with Gasteiger partial charge in [-0.2, -0.15) is 0 Å². The summed E-state index contributed by atoms with van der Waals surface area (Å²) in [5.74, 6) is -0.693. The smallest absolute Gasteiger partial charge is 0.323 e. The Morgan fingerprint density at radius 2 is 1.95 bits per heavy atom. The average molecular weight is 298 g/mol. The zero-order chi connectivity index (χ0) is 15.5. The van der Waals surface area contributed by atoms with Gasteiger partial charge in [0.1, 0.15) is 5.54 Å². The molecule has 2 fully saturated rings. The molecule has 1 heterocycles. The van der Waals surface area contributed by atoms with Crippen LogP contribution in [0.3, 0.4) is 0 Å². The predicted octanol–water partition coefficient (Wildman–Crippen LogP) is 1.86. The van der Waals surface area contributed by atoms with Crippen LogP contribution in [0.5, 0.6) is 0 Å². The molecule has 0 radical (unpaired) electrons. The molecule has 1 aliphatic carbocycles. The standard InChI is InChI=1S/C16H30N2O3/c1-12(2)17-16(15(19)20)8-4-5-14(11-16)18(3)13-6-9-21-10-7-13/h12-14,17H,4-11H2,1-3H3,(H,19,20). The molecule has 1 saturated heterocycles. The second-order valence-corrected chi connectivity index (χ2v) is 6.95. The molecular formula is C16H30N2O3. The van der Waals surface area contributed by atoms with E-state index in [1.54, 1.807) is 0 Å². The van der Waals surface area contributed by atoms with E-state index < -0.39 is 11.5 Å². The highest BCUT2D eigenvalue weighted by atomic mass is 16.5. The minimum atomic E-state index is -0.753. The van der Waals surface area contributed by atoms with Crippen molar-refractivity contribution in [2.75, 3.05) is 20.3 Å². The van der Waals surface area contributed by atoms with E-state index >= 15 is 0 Å². The topological polar surface area (TPSA) is 61.8 Å². The molecule has 2 N–H and O–H groups in total. The predicted molar refractivity (Wildman–Crippen MR) is 82.5 cm³/mol. The lowest BCUT2D eigenvalue weighted by Gasteiger charge is -2.45. The second kappa shape index (κ2) is 7.07. The van der Waals surface area contributed by atoms with Gasteiger partial charge in [-0.05, 0) is 59.4 Å². The molecule has 2 aliphatic rings. The first kappa shape index (κ1) is 16.7. The summed E-state index contributed by atoms with van der Waals surface area (Å²) in [4.78, 5) is 14.3. The van der Waals surface area contributed by atoms with Gasteiger partial charge in [-0.3, -0.25) is 10.1 Å². The number of carbonyl (C=O) groups is 1. The zero-order valence-electron chi connectivity index (χ0n) is 13.6. The summed E-state index contributed by atoms with van der Waals surface area (Å²) in [6.45, 7) is 5.71. The van der Waals surface area contributed by atoms with Crippen molar-refractivity contribution >= 4 is 5.97 Å². The van der Waals surface area contributed by atoms with Crippen LogP contribution in [0.15, 0.2) is 0 Å². The highest BCUT2D eigenvalue weighted by Gasteiger charge is 2.44. The fourth-order valence-electron chi connectivity index (χ4n) is 3.92. The lowest BCUT2D eigenvalue weighted by atomic mass is 9.77. The van der Waals surface area contributed by atoms with Crippen molar-refractivity contribution in [3.05, 3.63) is 0 Å². The molecule has 0 aromatic heterocycles. The molecule has 0 spiro atoms. The van der Waals surface area contributed by atoms with Gasteiger partial charge < -0.3 is 14.7 Å². The maximum Gasteiger partial charge on any atom is 0.323 e. The van der Waals surface area contributed by atoms with E-state index in [9.17, 15) is 9.90 Å². The first-order valence-electron chi connectivity index (χ1n) is 8.25. The Morgan fingerprint density at radius 1 is 1.29 bits per heavy atom. The van der Waals surface area contributed by atoms with Crippen molar-refractivity contribution in [3.8, 4) is 0 Å². The summed E-state index contributed by atoms with van der Waals surface area (Å²) in [6.07, 6.45) is 5.63. The first-order chi connectivity index (χ1) is 9.94. The summed E-state index contributed by atoms with van der Waals surface area (Å²) >= 11 is 0. The molecule has 2 rings (SSSR count). The van der Waals surface area contributed by atoms with Crippen LogP contribution >= 0.6 is 0 Å². The summed E-state index contributed by atoms with van der Waals surface area (Å²) in [5.41, 5.74) is -0.753. The van der Waals surface area contributed by atoms with E-state index in [-0.39, 0.29) is 6.04 Å². The van der Waals surface area contributed by atoms with Crippen LogP contribution in [0.25, 0.3) is 0 Å². The van der Waals surface area contributed by atoms with Gasteiger partial charge in [-0.1, -0.05) is 0 Å². The molecule has 0 aromatic carbocycles. The Kier molecular flexibility index (Phi) is 5.63. The number of hydrogen-bond acceptors (Lipinski definition) is 4. The van der Waals surface area contributed by atoms with Crippen LogP contribution in [0.1, 0.15) is 52.4 Å². The quantitative estimate of drug-likeness (QED) is 0.811. The van der Waals surface area contributed by atoms with Gasteiger partial charge in [0.25, 0.3) is 0 Å². The van der Waals surface area contributed by atoms with Gasteiger partial charge in [0.2, 0.25) is 0 Å². The molecule has 1 aliphatic heterocycles. The monoisotopic (exact) mass is 298 g/mol. The van der Waals surface area contributed by atoms with Crippen LogP contribution in [-0.4, -0.2) is 59.9 Å². The average Bonchev–Trinajstić information content (AvgIpc) is 2.47. The molecule has 122 valence electrons. The SMILES string of the molecule is CC(C)NC1(C(=O)O)CCCC(N(C)C2CCOCC2)C1. The van der Waals surface area contributed by atoms with E-state index in [1.165, 1.54) is 0 Å². The largest absolute Gasteiger partial charge is 0.480 e. The van der Waals surface area contributed by atoms with E-state index in [0.29, 0.717) is 18.5 Å². The van der Waals surface area contributed by atoms with Crippen LogP contribution in [0, 0.1) is 0 Å². The highest BCUT2D eigenvalue weighted by molar-refractivity contribution is 5.79. The highest BCUT2D eigenvalue weighted by Crippen LogP contribution is 2.33. The van der Waals surface area contributed by atoms with Gasteiger partial charge in [-0.25, -0.2) is 0 Å². The van der Waals surface area contributed by atoms with Crippen LogP contribution < -0.4 is 5.32 Å². The second-order valence-electron chi connectivity index (χ2n) is 6.95. The molecule has 0 amide bonds. The van der Waals surface area contributed by atoms with E-state index in [2.05, 4.69) is 17.3 Å². The molecule has 0 aromatic rings. The fraction of sp³-hybridized carbons (Fsp3) is 0.938. The lowest BCUT2D eigenvalue weighted by Crippen LogP contribution is -2.60. The number of hydrogen-bond donors (Lipinski definition) is 2. The Balaban J connectivity index is 2.05.